The van der Waals surface area contributed by atoms with Crippen LogP contribution in [0.3, 0.4) is 0 Å². The molecule has 4 nitrogen and oxygen atoms in total. The molecule has 1 saturated carbocycles. The van der Waals surface area contributed by atoms with Crippen molar-refractivity contribution in [2.75, 3.05) is 13.1 Å². The number of hydrogen-bond acceptors (Lipinski definition) is 3. The molecule has 2 bridgehead atoms. The molecule has 0 aromatic rings. The van der Waals surface area contributed by atoms with Crippen LogP contribution in [0.4, 0.5) is 0 Å². The summed E-state index contributed by atoms with van der Waals surface area (Å²) in [5.74, 6) is 0.703. The second-order valence-corrected chi connectivity index (χ2v) is 6.00. The SMILES string of the molecule is O=C1[C@H]2[C@H](C(=O)N1N1CCCCC1)[C@H]1C=C[C@H]2C1. The Kier molecular flexibility index (Phi) is 2.19. The number of hydrazine groups is 1. The van der Waals surface area contributed by atoms with Gasteiger partial charge >= 0.3 is 0 Å². The highest BCUT2D eigenvalue weighted by Gasteiger charge is 2.60. The number of nitrogens with zero attached hydrogens (tertiary/aromatic N) is 2. The Balaban J connectivity index is 1.63. The van der Waals surface area contributed by atoms with Gasteiger partial charge in [0.1, 0.15) is 0 Å². The molecule has 2 aliphatic carbocycles. The predicted octanol–water partition coefficient (Wildman–Crippen LogP) is 1.19. The van der Waals surface area contributed by atoms with Gasteiger partial charge in [0.25, 0.3) is 0 Å². The van der Waals surface area contributed by atoms with E-state index in [1.165, 1.54) is 11.4 Å². The number of carbonyl (C=O) groups excluding carboxylic acids is 2. The van der Waals surface area contributed by atoms with Gasteiger partial charge in [-0.1, -0.05) is 18.6 Å². The smallest absolute Gasteiger partial charge is 0.248 e. The van der Waals surface area contributed by atoms with E-state index in [1.807, 2.05) is 5.01 Å². The highest BCUT2D eigenvalue weighted by Crippen LogP contribution is 2.52. The van der Waals surface area contributed by atoms with Crippen molar-refractivity contribution >= 4 is 11.8 Å². The van der Waals surface area contributed by atoms with Crippen molar-refractivity contribution in [2.24, 2.45) is 23.7 Å². The lowest BCUT2D eigenvalue weighted by molar-refractivity contribution is -0.161. The molecule has 0 spiro atoms. The van der Waals surface area contributed by atoms with Crippen LogP contribution in [0.25, 0.3) is 0 Å². The lowest BCUT2D eigenvalue weighted by Crippen LogP contribution is -2.49. The Labute approximate surface area is 107 Å². The molecule has 96 valence electrons. The molecule has 2 amide bonds. The summed E-state index contributed by atoms with van der Waals surface area (Å²) in [4.78, 5) is 25.0. The van der Waals surface area contributed by atoms with Crippen LogP contribution in [0.15, 0.2) is 12.2 Å². The van der Waals surface area contributed by atoms with Crippen molar-refractivity contribution in [1.29, 1.82) is 0 Å². The summed E-state index contributed by atoms with van der Waals surface area (Å²) in [6.07, 6.45) is 8.72. The Bertz CT molecular complexity index is 409. The minimum absolute atomic E-state index is 0.0468. The molecule has 0 N–H and O–H groups in total. The molecule has 2 aliphatic heterocycles. The highest BCUT2D eigenvalue weighted by molar-refractivity contribution is 6.05. The third kappa shape index (κ3) is 1.24. The number of imide groups is 1. The van der Waals surface area contributed by atoms with E-state index in [0.29, 0.717) is 11.8 Å². The zero-order valence-corrected chi connectivity index (χ0v) is 10.4. The zero-order chi connectivity index (χ0) is 12.3. The van der Waals surface area contributed by atoms with Crippen molar-refractivity contribution in [3.8, 4) is 0 Å². The second-order valence-electron chi connectivity index (χ2n) is 6.00. The average molecular weight is 246 g/mol. The molecule has 2 heterocycles. The van der Waals surface area contributed by atoms with Crippen molar-refractivity contribution < 1.29 is 9.59 Å². The van der Waals surface area contributed by atoms with Gasteiger partial charge in [0.2, 0.25) is 11.8 Å². The average Bonchev–Trinajstić information content (AvgIpc) is 3.05. The van der Waals surface area contributed by atoms with Gasteiger partial charge in [-0.2, -0.15) is 0 Å². The summed E-state index contributed by atoms with van der Waals surface area (Å²) in [7, 11) is 0. The van der Waals surface area contributed by atoms with E-state index < -0.39 is 0 Å². The number of rotatable bonds is 1. The fourth-order valence-corrected chi connectivity index (χ4v) is 4.24. The monoisotopic (exact) mass is 246 g/mol. The maximum absolute atomic E-state index is 12.5. The standard InChI is InChI=1S/C14H18N2O2/c17-13-11-9-4-5-10(8-9)12(11)14(18)16(13)15-6-2-1-3-7-15/h4-5,9-12H,1-3,6-8H2/t9-,10-,11+,12+/m0/s1. The topological polar surface area (TPSA) is 40.6 Å². The highest BCUT2D eigenvalue weighted by atomic mass is 16.2. The molecular weight excluding hydrogens is 228 g/mol. The number of carbonyl (C=O) groups is 2. The fraction of sp³-hybridized carbons (Fsp3) is 0.714. The van der Waals surface area contributed by atoms with Crippen LogP contribution in [0.5, 0.6) is 0 Å². The maximum Gasteiger partial charge on any atom is 0.248 e. The van der Waals surface area contributed by atoms with E-state index in [-0.39, 0.29) is 23.7 Å². The van der Waals surface area contributed by atoms with Crippen LogP contribution >= 0.6 is 0 Å². The fourth-order valence-electron chi connectivity index (χ4n) is 4.24. The molecule has 0 aromatic heterocycles. The Morgan fingerprint density at radius 2 is 1.44 bits per heavy atom. The lowest BCUT2D eigenvalue weighted by atomic mass is 9.85. The molecule has 18 heavy (non-hydrogen) atoms. The normalized spacial score (nSPS) is 43.0. The number of fused-ring (bicyclic) bond motifs is 5. The Morgan fingerprint density at radius 1 is 0.889 bits per heavy atom. The molecule has 2 saturated heterocycles. The summed E-state index contributed by atoms with van der Waals surface area (Å²) in [6.45, 7) is 1.72. The van der Waals surface area contributed by atoms with Crippen LogP contribution in [-0.2, 0) is 9.59 Å². The van der Waals surface area contributed by atoms with Crippen LogP contribution in [0.1, 0.15) is 25.7 Å². The molecule has 3 fully saturated rings. The van der Waals surface area contributed by atoms with Gasteiger partial charge in [0, 0.05) is 13.1 Å². The molecule has 4 aliphatic rings. The summed E-state index contributed by atoms with van der Waals surface area (Å²) in [5.41, 5.74) is 0. The van der Waals surface area contributed by atoms with Crippen LogP contribution in [0, 0.1) is 23.7 Å². The first-order valence-electron chi connectivity index (χ1n) is 7.08. The number of piperidine rings is 1. The zero-order valence-electron chi connectivity index (χ0n) is 10.4. The van der Waals surface area contributed by atoms with Crippen molar-refractivity contribution in [3.63, 3.8) is 0 Å². The first-order valence-corrected chi connectivity index (χ1v) is 7.08. The largest absolute Gasteiger partial charge is 0.273 e. The van der Waals surface area contributed by atoms with E-state index in [1.54, 1.807) is 0 Å². The summed E-state index contributed by atoms with van der Waals surface area (Å²) in [5, 5.41) is 3.49. The van der Waals surface area contributed by atoms with Gasteiger partial charge in [-0.3, -0.25) is 9.59 Å². The van der Waals surface area contributed by atoms with E-state index in [0.717, 1.165) is 32.4 Å². The molecule has 4 heteroatoms. The van der Waals surface area contributed by atoms with E-state index in [2.05, 4.69) is 12.2 Å². The minimum Gasteiger partial charge on any atom is -0.273 e. The number of amides is 2. The first kappa shape index (κ1) is 10.7. The van der Waals surface area contributed by atoms with Crippen LogP contribution in [-0.4, -0.2) is 34.9 Å². The summed E-state index contributed by atoms with van der Waals surface area (Å²) < 4.78 is 0. The molecule has 0 unspecified atom stereocenters. The van der Waals surface area contributed by atoms with E-state index >= 15 is 0 Å². The van der Waals surface area contributed by atoms with Crippen LogP contribution in [0.2, 0.25) is 0 Å². The third-order valence-electron chi connectivity index (χ3n) is 5.06. The molecule has 0 radical (unpaired) electrons. The third-order valence-corrected chi connectivity index (χ3v) is 5.06. The molecule has 4 atom stereocenters. The molecular formula is C14H18N2O2. The van der Waals surface area contributed by atoms with Crippen molar-refractivity contribution in [3.05, 3.63) is 12.2 Å². The van der Waals surface area contributed by atoms with Gasteiger partial charge in [-0.15, -0.1) is 0 Å². The van der Waals surface area contributed by atoms with Crippen molar-refractivity contribution in [2.45, 2.75) is 25.7 Å². The van der Waals surface area contributed by atoms with Gasteiger partial charge in [0.15, 0.2) is 0 Å². The number of allylic oxidation sites excluding steroid dienone is 2. The Morgan fingerprint density at radius 3 is 2.00 bits per heavy atom. The predicted molar refractivity (Wildman–Crippen MR) is 65.0 cm³/mol. The van der Waals surface area contributed by atoms with Gasteiger partial charge in [-0.05, 0) is 31.1 Å². The van der Waals surface area contributed by atoms with E-state index in [4.69, 9.17) is 0 Å². The molecule has 4 rings (SSSR count). The minimum atomic E-state index is -0.0468. The second kappa shape index (κ2) is 3.67. The first-order chi connectivity index (χ1) is 8.77. The van der Waals surface area contributed by atoms with Crippen LogP contribution < -0.4 is 0 Å². The van der Waals surface area contributed by atoms with Gasteiger partial charge in [-0.25, -0.2) is 10.0 Å². The summed E-state index contributed by atoms with van der Waals surface area (Å²) >= 11 is 0. The van der Waals surface area contributed by atoms with Gasteiger partial charge < -0.3 is 0 Å². The van der Waals surface area contributed by atoms with Gasteiger partial charge in [0.05, 0.1) is 11.8 Å². The Hall–Kier alpha value is -1.16. The quantitative estimate of drug-likeness (QED) is 0.515. The van der Waals surface area contributed by atoms with Crippen molar-refractivity contribution in [1.82, 2.24) is 10.0 Å². The maximum atomic E-state index is 12.5. The van der Waals surface area contributed by atoms with E-state index in [9.17, 15) is 9.59 Å². The number of hydrogen-bond donors (Lipinski definition) is 0. The molecule has 0 aromatic carbocycles. The summed E-state index contributed by atoms with van der Waals surface area (Å²) in [6, 6.07) is 0. The lowest BCUT2D eigenvalue weighted by Gasteiger charge is -2.33.